The standard InChI is InChI=1S/C10H9F3N2O/c11-10(12,13)6-1-2-7-8(5-6)14-4-3-9(16)15-7/h1-2,5,14H,3-4H2,(H,15,16). The van der Waals surface area contributed by atoms with Gasteiger partial charge in [0.05, 0.1) is 16.9 Å². The Morgan fingerprint density at radius 2 is 1.94 bits per heavy atom. The highest BCUT2D eigenvalue weighted by Crippen LogP contribution is 2.34. The molecule has 1 aliphatic heterocycles. The molecule has 0 aliphatic carbocycles. The maximum absolute atomic E-state index is 12.4. The largest absolute Gasteiger partial charge is 0.416 e. The minimum absolute atomic E-state index is 0.203. The average Bonchev–Trinajstić information content (AvgIpc) is 2.35. The Morgan fingerprint density at radius 1 is 1.19 bits per heavy atom. The van der Waals surface area contributed by atoms with Crippen LogP contribution in [0.1, 0.15) is 12.0 Å². The Balaban J connectivity index is 2.39. The Morgan fingerprint density at radius 3 is 2.62 bits per heavy atom. The molecular weight excluding hydrogens is 221 g/mol. The quantitative estimate of drug-likeness (QED) is 0.718. The lowest BCUT2D eigenvalue weighted by molar-refractivity contribution is -0.137. The summed E-state index contributed by atoms with van der Waals surface area (Å²) in [7, 11) is 0. The van der Waals surface area contributed by atoms with E-state index >= 15 is 0 Å². The van der Waals surface area contributed by atoms with Crippen molar-refractivity contribution in [1.29, 1.82) is 0 Å². The molecule has 0 radical (unpaired) electrons. The van der Waals surface area contributed by atoms with E-state index in [2.05, 4.69) is 10.6 Å². The third-order valence-electron chi connectivity index (χ3n) is 2.29. The second-order valence-electron chi connectivity index (χ2n) is 3.48. The number of alkyl halides is 3. The van der Waals surface area contributed by atoms with Gasteiger partial charge in [0.2, 0.25) is 5.91 Å². The molecule has 0 unspecified atom stereocenters. The van der Waals surface area contributed by atoms with Crippen molar-refractivity contribution in [3.05, 3.63) is 23.8 Å². The molecule has 0 saturated carbocycles. The van der Waals surface area contributed by atoms with Crippen molar-refractivity contribution >= 4 is 17.3 Å². The Hall–Kier alpha value is -1.72. The fourth-order valence-electron chi connectivity index (χ4n) is 1.50. The molecule has 1 amide bonds. The second kappa shape index (κ2) is 3.70. The SMILES string of the molecule is O=C1CCNc2cc(C(F)(F)F)ccc2N1. The van der Waals surface area contributed by atoms with Crippen LogP contribution < -0.4 is 10.6 Å². The van der Waals surface area contributed by atoms with E-state index in [0.29, 0.717) is 17.9 Å². The zero-order valence-electron chi connectivity index (χ0n) is 8.19. The molecule has 1 aromatic carbocycles. The summed E-state index contributed by atoms with van der Waals surface area (Å²) in [6, 6.07) is 3.21. The number of hydrogen-bond acceptors (Lipinski definition) is 2. The Labute approximate surface area is 89.6 Å². The normalized spacial score (nSPS) is 15.8. The molecule has 2 N–H and O–H groups in total. The van der Waals surface area contributed by atoms with Gasteiger partial charge in [0, 0.05) is 13.0 Å². The third kappa shape index (κ3) is 2.10. The van der Waals surface area contributed by atoms with Crippen LogP contribution in [0.15, 0.2) is 18.2 Å². The highest BCUT2D eigenvalue weighted by molar-refractivity contribution is 5.96. The summed E-state index contributed by atoms with van der Waals surface area (Å²) < 4.78 is 37.3. The zero-order chi connectivity index (χ0) is 11.8. The summed E-state index contributed by atoms with van der Waals surface area (Å²) in [4.78, 5) is 11.2. The fraction of sp³-hybridized carbons (Fsp3) is 0.300. The van der Waals surface area contributed by atoms with E-state index in [0.717, 1.165) is 12.1 Å². The van der Waals surface area contributed by atoms with Crippen molar-refractivity contribution in [2.45, 2.75) is 12.6 Å². The van der Waals surface area contributed by atoms with Gasteiger partial charge in [0.1, 0.15) is 0 Å². The summed E-state index contributed by atoms with van der Waals surface area (Å²) in [6.07, 6.45) is -4.12. The highest BCUT2D eigenvalue weighted by atomic mass is 19.4. The van der Waals surface area contributed by atoms with E-state index in [9.17, 15) is 18.0 Å². The highest BCUT2D eigenvalue weighted by Gasteiger charge is 2.31. The minimum Gasteiger partial charge on any atom is -0.383 e. The molecule has 1 aromatic rings. The lowest BCUT2D eigenvalue weighted by Crippen LogP contribution is -2.10. The Bertz CT molecular complexity index is 429. The van der Waals surface area contributed by atoms with Crippen LogP contribution in [0.25, 0.3) is 0 Å². The number of nitrogens with one attached hydrogen (secondary N) is 2. The van der Waals surface area contributed by atoms with Crippen molar-refractivity contribution in [2.75, 3.05) is 17.2 Å². The van der Waals surface area contributed by atoms with Crippen molar-refractivity contribution < 1.29 is 18.0 Å². The summed E-state index contributed by atoms with van der Waals surface area (Å²) >= 11 is 0. The molecule has 16 heavy (non-hydrogen) atoms. The number of halogens is 3. The molecule has 2 rings (SSSR count). The van der Waals surface area contributed by atoms with Crippen LogP contribution in [0.2, 0.25) is 0 Å². The topological polar surface area (TPSA) is 41.1 Å². The molecule has 6 heteroatoms. The lowest BCUT2D eigenvalue weighted by atomic mass is 10.1. The van der Waals surface area contributed by atoms with E-state index in [1.165, 1.54) is 6.07 Å². The van der Waals surface area contributed by atoms with E-state index < -0.39 is 11.7 Å². The van der Waals surface area contributed by atoms with Gasteiger partial charge in [-0.1, -0.05) is 0 Å². The molecular formula is C10H9F3N2O. The van der Waals surface area contributed by atoms with Gasteiger partial charge >= 0.3 is 6.18 Å². The van der Waals surface area contributed by atoms with Crippen molar-refractivity contribution in [3.8, 4) is 0 Å². The van der Waals surface area contributed by atoms with E-state index in [-0.39, 0.29) is 12.3 Å². The van der Waals surface area contributed by atoms with Gasteiger partial charge < -0.3 is 10.6 Å². The maximum Gasteiger partial charge on any atom is 0.416 e. The number of hydrogen-bond donors (Lipinski definition) is 2. The van der Waals surface area contributed by atoms with Crippen LogP contribution in [-0.4, -0.2) is 12.5 Å². The summed E-state index contributed by atoms with van der Waals surface area (Å²) in [5.41, 5.74) is -0.0360. The molecule has 0 atom stereocenters. The van der Waals surface area contributed by atoms with Gasteiger partial charge in [-0.2, -0.15) is 13.2 Å². The molecule has 0 bridgehead atoms. The lowest BCUT2D eigenvalue weighted by Gasteiger charge is -2.12. The van der Waals surface area contributed by atoms with Crippen LogP contribution in [0.4, 0.5) is 24.5 Å². The van der Waals surface area contributed by atoms with Gasteiger partial charge in [0.25, 0.3) is 0 Å². The van der Waals surface area contributed by atoms with E-state index in [4.69, 9.17) is 0 Å². The van der Waals surface area contributed by atoms with Crippen molar-refractivity contribution in [1.82, 2.24) is 0 Å². The monoisotopic (exact) mass is 230 g/mol. The number of carbonyl (C=O) groups excluding carboxylic acids is 1. The summed E-state index contributed by atoms with van der Waals surface area (Å²) in [5, 5.41) is 5.32. The summed E-state index contributed by atoms with van der Waals surface area (Å²) in [5.74, 6) is -0.203. The van der Waals surface area contributed by atoms with Crippen LogP contribution >= 0.6 is 0 Å². The Kier molecular flexibility index (Phi) is 2.49. The average molecular weight is 230 g/mol. The van der Waals surface area contributed by atoms with Crippen LogP contribution in [0, 0.1) is 0 Å². The molecule has 3 nitrogen and oxygen atoms in total. The number of anilines is 2. The number of amides is 1. The van der Waals surface area contributed by atoms with Gasteiger partial charge in [-0.25, -0.2) is 0 Å². The first-order valence-corrected chi connectivity index (χ1v) is 4.72. The molecule has 0 aromatic heterocycles. The van der Waals surface area contributed by atoms with Gasteiger partial charge in [-0.15, -0.1) is 0 Å². The van der Waals surface area contributed by atoms with Crippen LogP contribution in [0.5, 0.6) is 0 Å². The maximum atomic E-state index is 12.4. The fourth-order valence-corrected chi connectivity index (χ4v) is 1.50. The van der Waals surface area contributed by atoms with Crippen molar-refractivity contribution in [2.24, 2.45) is 0 Å². The van der Waals surface area contributed by atoms with Crippen LogP contribution in [0.3, 0.4) is 0 Å². The summed E-state index contributed by atoms with van der Waals surface area (Å²) in [6.45, 7) is 0.333. The number of carbonyl (C=O) groups is 1. The first-order valence-electron chi connectivity index (χ1n) is 4.72. The molecule has 1 aliphatic rings. The van der Waals surface area contributed by atoms with Gasteiger partial charge in [-0.05, 0) is 18.2 Å². The molecule has 0 spiro atoms. The zero-order valence-corrected chi connectivity index (χ0v) is 8.19. The van der Waals surface area contributed by atoms with Gasteiger partial charge in [-0.3, -0.25) is 4.79 Å². The molecule has 0 saturated heterocycles. The van der Waals surface area contributed by atoms with E-state index in [1.54, 1.807) is 0 Å². The molecule has 86 valence electrons. The number of rotatable bonds is 0. The van der Waals surface area contributed by atoms with E-state index in [1.807, 2.05) is 0 Å². The second-order valence-corrected chi connectivity index (χ2v) is 3.48. The smallest absolute Gasteiger partial charge is 0.383 e. The predicted molar refractivity (Wildman–Crippen MR) is 53.2 cm³/mol. The molecule has 0 fully saturated rings. The number of benzene rings is 1. The first-order chi connectivity index (χ1) is 7.47. The van der Waals surface area contributed by atoms with Gasteiger partial charge in [0.15, 0.2) is 0 Å². The predicted octanol–water partition coefficient (Wildman–Crippen LogP) is 2.46. The third-order valence-corrected chi connectivity index (χ3v) is 2.29. The molecule has 1 heterocycles. The number of fused-ring (bicyclic) bond motifs is 1. The van der Waals surface area contributed by atoms with Crippen LogP contribution in [-0.2, 0) is 11.0 Å². The first kappa shape index (κ1) is 10.8. The van der Waals surface area contributed by atoms with Crippen molar-refractivity contribution in [3.63, 3.8) is 0 Å². The minimum atomic E-state index is -4.37.